The summed E-state index contributed by atoms with van der Waals surface area (Å²) in [5.41, 5.74) is 1.12. The number of pyridine rings is 1. The molecule has 0 radical (unpaired) electrons. The van der Waals surface area contributed by atoms with Gasteiger partial charge in [0.25, 0.3) is 0 Å². The first-order valence-corrected chi connectivity index (χ1v) is 8.65. The van der Waals surface area contributed by atoms with Crippen molar-refractivity contribution in [1.82, 2.24) is 25.4 Å². The smallest absolute Gasteiger partial charge is 0.191 e. The maximum Gasteiger partial charge on any atom is 0.191 e. The molecule has 0 bridgehead atoms. The van der Waals surface area contributed by atoms with Crippen LogP contribution >= 0.6 is 11.3 Å². The molecule has 7 heteroatoms. The van der Waals surface area contributed by atoms with E-state index in [9.17, 15) is 0 Å². The minimum Gasteiger partial charge on any atom is -0.356 e. The lowest BCUT2D eigenvalue weighted by Crippen LogP contribution is -2.37. The molecular weight excluding hydrogens is 320 g/mol. The van der Waals surface area contributed by atoms with E-state index in [0.29, 0.717) is 6.54 Å². The van der Waals surface area contributed by atoms with E-state index in [0.717, 1.165) is 30.3 Å². The van der Waals surface area contributed by atoms with E-state index < -0.39 is 0 Å². The average molecular weight is 340 g/mol. The molecule has 0 fully saturated rings. The Labute approximate surface area is 145 Å². The quantitative estimate of drug-likeness (QED) is 0.533. The van der Waals surface area contributed by atoms with E-state index in [-0.39, 0.29) is 0 Å². The van der Waals surface area contributed by atoms with Crippen LogP contribution in [0.4, 0.5) is 0 Å². The first-order valence-electron chi connectivity index (χ1n) is 7.77. The van der Waals surface area contributed by atoms with Crippen molar-refractivity contribution in [2.24, 2.45) is 4.99 Å². The fraction of sp³-hybridized carbons (Fsp3) is 0.235. The van der Waals surface area contributed by atoms with Crippen LogP contribution in [0.5, 0.6) is 0 Å². The summed E-state index contributed by atoms with van der Waals surface area (Å²) in [6.45, 7) is 1.53. The lowest BCUT2D eigenvalue weighted by Gasteiger charge is -2.12. The number of nitrogens with zero attached hydrogens (tertiary/aromatic N) is 4. The highest BCUT2D eigenvalue weighted by Gasteiger charge is 2.02. The van der Waals surface area contributed by atoms with Gasteiger partial charge in [0.1, 0.15) is 0 Å². The number of guanidine groups is 1. The van der Waals surface area contributed by atoms with Crippen molar-refractivity contribution >= 4 is 17.3 Å². The Bertz CT molecular complexity index is 764. The zero-order valence-corrected chi connectivity index (χ0v) is 14.3. The van der Waals surface area contributed by atoms with E-state index in [1.165, 1.54) is 4.88 Å². The van der Waals surface area contributed by atoms with Gasteiger partial charge in [-0.2, -0.15) is 5.10 Å². The van der Waals surface area contributed by atoms with Crippen molar-refractivity contribution in [2.75, 3.05) is 13.6 Å². The molecule has 24 heavy (non-hydrogen) atoms. The number of aromatic nitrogens is 3. The topological polar surface area (TPSA) is 67.1 Å². The first kappa shape index (κ1) is 16.2. The Morgan fingerprint density at radius 1 is 1.25 bits per heavy atom. The molecule has 3 rings (SSSR count). The van der Waals surface area contributed by atoms with Gasteiger partial charge in [-0.15, -0.1) is 11.3 Å². The molecule has 0 aliphatic heterocycles. The van der Waals surface area contributed by atoms with Crippen molar-refractivity contribution in [2.45, 2.75) is 13.0 Å². The summed E-state index contributed by atoms with van der Waals surface area (Å²) in [6.07, 6.45) is 6.41. The summed E-state index contributed by atoms with van der Waals surface area (Å²) < 4.78 is 1.75. The van der Waals surface area contributed by atoms with Gasteiger partial charge in [-0.05, 0) is 41.6 Å². The van der Waals surface area contributed by atoms with Crippen LogP contribution in [0.1, 0.15) is 10.4 Å². The van der Waals surface area contributed by atoms with E-state index in [2.05, 4.69) is 43.2 Å². The normalized spacial score (nSPS) is 11.5. The summed E-state index contributed by atoms with van der Waals surface area (Å²) in [5, 5.41) is 13.0. The molecule has 3 aromatic rings. The number of hydrogen-bond acceptors (Lipinski definition) is 4. The van der Waals surface area contributed by atoms with Crippen molar-refractivity contribution in [3.63, 3.8) is 0 Å². The van der Waals surface area contributed by atoms with Crippen LogP contribution in [0, 0.1) is 0 Å². The molecule has 0 aromatic carbocycles. The second kappa shape index (κ2) is 8.26. The van der Waals surface area contributed by atoms with E-state index in [4.69, 9.17) is 0 Å². The lowest BCUT2D eigenvalue weighted by molar-refractivity contribution is 0.793. The molecule has 0 atom stereocenters. The van der Waals surface area contributed by atoms with Gasteiger partial charge in [0.05, 0.1) is 0 Å². The molecule has 0 saturated carbocycles. The molecule has 0 unspecified atom stereocenters. The molecule has 0 amide bonds. The van der Waals surface area contributed by atoms with Gasteiger partial charge in [0.15, 0.2) is 11.8 Å². The van der Waals surface area contributed by atoms with Crippen LogP contribution in [0.2, 0.25) is 0 Å². The van der Waals surface area contributed by atoms with Crippen LogP contribution in [0.25, 0.3) is 5.82 Å². The molecule has 0 aliphatic carbocycles. The maximum atomic E-state index is 4.34. The summed E-state index contributed by atoms with van der Waals surface area (Å²) in [4.78, 5) is 9.97. The van der Waals surface area contributed by atoms with Crippen molar-refractivity contribution in [3.8, 4) is 5.82 Å². The number of thiophene rings is 1. The highest BCUT2D eigenvalue weighted by molar-refractivity contribution is 7.09. The third kappa shape index (κ3) is 4.42. The minimum atomic E-state index is 0.676. The van der Waals surface area contributed by atoms with E-state index in [1.807, 2.05) is 24.4 Å². The fourth-order valence-corrected chi connectivity index (χ4v) is 2.97. The molecule has 0 spiro atoms. The third-order valence-corrected chi connectivity index (χ3v) is 4.41. The van der Waals surface area contributed by atoms with Gasteiger partial charge in [-0.3, -0.25) is 4.99 Å². The first-order chi connectivity index (χ1) is 11.8. The standard InChI is InChI=1S/C17H20N6S/c1-18-17(20-9-6-15-4-2-11-24-15)21-13-14-5-8-19-16(12-14)23-10-3-7-22-23/h2-5,7-8,10-12H,6,9,13H2,1H3,(H2,18,20,21). The Hall–Kier alpha value is -2.67. The second-order valence-corrected chi connectivity index (χ2v) is 6.19. The predicted molar refractivity (Wildman–Crippen MR) is 97.6 cm³/mol. The number of nitrogens with one attached hydrogen (secondary N) is 2. The molecule has 0 aliphatic rings. The van der Waals surface area contributed by atoms with Crippen LogP contribution < -0.4 is 10.6 Å². The molecule has 0 saturated heterocycles. The Balaban J connectivity index is 1.51. The van der Waals surface area contributed by atoms with Crippen LogP contribution in [0.3, 0.4) is 0 Å². The molecule has 124 valence electrons. The summed E-state index contributed by atoms with van der Waals surface area (Å²) in [6, 6.07) is 10.1. The number of aliphatic imine (C=N–C) groups is 1. The van der Waals surface area contributed by atoms with Crippen LogP contribution in [0.15, 0.2) is 59.3 Å². The highest BCUT2D eigenvalue weighted by Crippen LogP contribution is 2.08. The Kier molecular flexibility index (Phi) is 5.57. The highest BCUT2D eigenvalue weighted by atomic mass is 32.1. The van der Waals surface area contributed by atoms with E-state index in [1.54, 1.807) is 35.5 Å². The summed E-state index contributed by atoms with van der Waals surface area (Å²) >= 11 is 1.78. The van der Waals surface area contributed by atoms with Crippen molar-refractivity contribution in [3.05, 3.63) is 64.7 Å². The second-order valence-electron chi connectivity index (χ2n) is 5.15. The lowest BCUT2D eigenvalue weighted by atomic mass is 10.2. The molecular formula is C17H20N6S. The fourth-order valence-electron chi connectivity index (χ4n) is 2.27. The number of hydrogen-bond donors (Lipinski definition) is 2. The van der Waals surface area contributed by atoms with Crippen LogP contribution in [-0.2, 0) is 13.0 Å². The van der Waals surface area contributed by atoms with Crippen LogP contribution in [-0.4, -0.2) is 34.3 Å². The van der Waals surface area contributed by atoms with E-state index >= 15 is 0 Å². The SMILES string of the molecule is CN=C(NCCc1cccs1)NCc1ccnc(-n2cccn2)c1. The zero-order chi connectivity index (χ0) is 16.6. The largest absolute Gasteiger partial charge is 0.356 e. The monoisotopic (exact) mass is 340 g/mol. The van der Waals surface area contributed by atoms with Gasteiger partial charge in [0.2, 0.25) is 0 Å². The number of rotatable bonds is 6. The predicted octanol–water partition coefficient (Wildman–Crippen LogP) is 2.24. The van der Waals surface area contributed by atoms with Gasteiger partial charge in [-0.25, -0.2) is 9.67 Å². The Morgan fingerprint density at radius 2 is 2.21 bits per heavy atom. The third-order valence-electron chi connectivity index (χ3n) is 3.48. The van der Waals surface area contributed by atoms with Crippen molar-refractivity contribution in [1.29, 1.82) is 0 Å². The van der Waals surface area contributed by atoms with Crippen molar-refractivity contribution < 1.29 is 0 Å². The summed E-state index contributed by atoms with van der Waals surface area (Å²) in [7, 11) is 1.78. The molecule has 6 nitrogen and oxygen atoms in total. The van der Waals surface area contributed by atoms with Gasteiger partial charge in [0, 0.05) is 43.6 Å². The van der Waals surface area contributed by atoms with Gasteiger partial charge < -0.3 is 10.6 Å². The molecule has 2 N–H and O–H groups in total. The summed E-state index contributed by atoms with van der Waals surface area (Å²) in [5.74, 6) is 1.60. The minimum absolute atomic E-state index is 0.676. The average Bonchev–Trinajstić information content (AvgIpc) is 3.31. The van der Waals surface area contributed by atoms with Gasteiger partial charge in [-0.1, -0.05) is 6.07 Å². The molecule has 3 aromatic heterocycles. The van der Waals surface area contributed by atoms with Gasteiger partial charge >= 0.3 is 0 Å². The maximum absolute atomic E-state index is 4.34. The Morgan fingerprint density at radius 3 is 2.96 bits per heavy atom. The zero-order valence-electron chi connectivity index (χ0n) is 13.5. The molecule has 3 heterocycles.